The Kier molecular flexibility index (Phi) is 5.97. The average Bonchev–Trinajstić information content (AvgIpc) is 2.70. The highest BCUT2D eigenvalue weighted by Crippen LogP contribution is 2.28. The molecular weight excluding hydrogens is 702 g/mol. The zero-order chi connectivity index (χ0) is 13.3. The van der Waals surface area contributed by atoms with Gasteiger partial charge in [-0.3, -0.25) is 4.79 Å². The molecule has 2 nitrogen and oxygen atoms in total. The van der Waals surface area contributed by atoms with Gasteiger partial charge in [-0.1, -0.05) is 0 Å². The SMILES string of the molecule is O=C(Nc1c(I)cc(I)cc1I)c1csc(I)c1. The number of rotatable bonds is 2. The van der Waals surface area contributed by atoms with E-state index in [9.17, 15) is 4.79 Å². The fraction of sp³-hybridized carbons (Fsp3) is 0. The zero-order valence-electron chi connectivity index (χ0n) is 8.64. The summed E-state index contributed by atoms with van der Waals surface area (Å²) in [5.74, 6) is -0.0498. The largest absolute Gasteiger partial charge is 0.320 e. The first-order valence-corrected chi connectivity index (χ1v) is 9.87. The zero-order valence-corrected chi connectivity index (χ0v) is 18.1. The monoisotopic (exact) mass is 707 g/mol. The summed E-state index contributed by atoms with van der Waals surface area (Å²) >= 11 is 10.6. The van der Waals surface area contributed by atoms with Crippen molar-refractivity contribution in [2.45, 2.75) is 0 Å². The van der Waals surface area contributed by atoms with Crippen LogP contribution in [0.25, 0.3) is 0 Å². The standard InChI is InChI=1S/C11H5I4NOS/c12-6-2-7(13)10(8(14)3-6)16-11(17)5-1-9(15)18-4-5/h1-4H,(H,16,17). The number of benzene rings is 1. The van der Waals surface area contributed by atoms with Crippen LogP contribution in [0.4, 0.5) is 5.69 Å². The number of halogens is 4. The minimum atomic E-state index is -0.0498. The minimum absolute atomic E-state index is 0.0498. The molecule has 18 heavy (non-hydrogen) atoms. The van der Waals surface area contributed by atoms with Crippen molar-refractivity contribution in [2.75, 3.05) is 5.32 Å². The van der Waals surface area contributed by atoms with Gasteiger partial charge < -0.3 is 5.32 Å². The van der Waals surface area contributed by atoms with Crippen LogP contribution in [0, 0.1) is 13.6 Å². The Labute approximate surface area is 163 Å². The average molecular weight is 707 g/mol. The van der Waals surface area contributed by atoms with E-state index in [0.717, 1.165) is 21.3 Å². The Morgan fingerprint density at radius 2 is 1.67 bits per heavy atom. The number of nitrogens with one attached hydrogen (secondary N) is 1. The van der Waals surface area contributed by atoms with Crippen molar-refractivity contribution in [3.8, 4) is 0 Å². The van der Waals surface area contributed by atoms with Crippen molar-refractivity contribution in [3.05, 3.63) is 42.7 Å². The fourth-order valence-electron chi connectivity index (χ4n) is 1.28. The predicted octanol–water partition coefficient (Wildman–Crippen LogP) is 5.42. The van der Waals surface area contributed by atoms with Gasteiger partial charge in [-0.2, -0.15) is 0 Å². The van der Waals surface area contributed by atoms with Gasteiger partial charge in [0.05, 0.1) is 14.1 Å². The second-order valence-corrected chi connectivity index (χ2v) is 9.71. The minimum Gasteiger partial charge on any atom is -0.320 e. The van der Waals surface area contributed by atoms with Crippen molar-refractivity contribution in [3.63, 3.8) is 0 Å². The molecule has 1 aromatic carbocycles. The van der Waals surface area contributed by atoms with Gasteiger partial charge in [0, 0.05) is 16.1 Å². The van der Waals surface area contributed by atoms with Gasteiger partial charge in [0.2, 0.25) is 0 Å². The Hall–Kier alpha value is 1.31. The highest BCUT2D eigenvalue weighted by molar-refractivity contribution is 14.1. The number of carbonyl (C=O) groups excluding carboxylic acids is 1. The maximum atomic E-state index is 12.1. The van der Waals surface area contributed by atoms with Gasteiger partial charge in [-0.05, 0) is 109 Å². The lowest BCUT2D eigenvalue weighted by molar-refractivity contribution is 0.102. The van der Waals surface area contributed by atoms with Gasteiger partial charge in [-0.25, -0.2) is 0 Å². The number of anilines is 1. The van der Waals surface area contributed by atoms with E-state index in [2.05, 4.69) is 108 Å². The van der Waals surface area contributed by atoms with Crippen molar-refractivity contribution in [1.29, 1.82) is 0 Å². The molecule has 1 heterocycles. The molecule has 0 aliphatic heterocycles. The van der Waals surface area contributed by atoms with Crippen LogP contribution in [0.1, 0.15) is 10.4 Å². The molecule has 0 radical (unpaired) electrons. The second-order valence-electron chi connectivity index (χ2n) is 3.34. The Morgan fingerprint density at radius 3 is 2.17 bits per heavy atom. The third-order valence-electron chi connectivity index (χ3n) is 2.08. The van der Waals surface area contributed by atoms with Crippen LogP contribution in [0.3, 0.4) is 0 Å². The molecule has 0 aliphatic rings. The summed E-state index contributed by atoms with van der Waals surface area (Å²) in [5.41, 5.74) is 1.61. The summed E-state index contributed by atoms with van der Waals surface area (Å²) in [6.45, 7) is 0. The molecule has 1 N–H and O–H groups in total. The molecule has 1 amide bonds. The van der Waals surface area contributed by atoms with Crippen LogP contribution < -0.4 is 5.32 Å². The van der Waals surface area contributed by atoms with Gasteiger partial charge in [-0.15, -0.1) is 11.3 Å². The normalized spacial score (nSPS) is 10.4. The molecule has 1 aromatic heterocycles. The third kappa shape index (κ3) is 3.91. The van der Waals surface area contributed by atoms with Gasteiger partial charge in [0.15, 0.2) is 0 Å². The Balaban J connectivity index is 2.27. The molecular formula is C11H5I4NOS. The Morgan fingerprint density at radius 1 is 1.06 bits per heavy atom. The van der Waals surface area contributed by atoms with Crippen LogP contribution in [0.5, 0.6) is 0 Å². The molecule has 0 atom stereocenters. The van der Waals surface area contributed by atoms with Crippen LogP contribution >= 0.6 is 102 Å². The number of carbonyl (C=O) groups is 1. The molecule has 0 saturated heterocycles. The third-order valence-corrected chi connectivity index (χ3v) is 6.19. The summed E-state index contributed by atoms with van der Waals surface area (Å²) in [4.78, 5) is 12.1. The lowest BCUT2D eigenvalue weighted by Crippen LogP contribution is -2.13. The maximum absolute atomic E-state index is 12.1. The highest BCUT2D eigenvalue weighted by atomic mass is 127. The first-order chi connectivity index (χ1) is 8.47. The predicted molar refractivity (Wildman–Crippen MR) is 110 cm³/mol. The fourth-order valence-corrected chi connectivity index (χ4v) is 6.46. The molecule has 2 aromatic rings. The van der Waals surface area contributed by atoms with Gasteiger partial charge >= 0.3 is 0 Å². The van der Waals surface area contributed by atoms with E-state index in [0.29, 0.717) is 0 Å². The summed E-state index contributed by atoms with van der Waals surface area (Å²) in [7, 11) is 0. The molecule has 0 unspecified atom stereocenters. The van der Waals surface area contributed by atoms with E-state index in [4.69, 9.17) is 0 Å². The smallest absolute Gasteiger partial charge is 0.256 e. The lowest BCUT2D eigenvalue weighted by Gasteiger charge is -2.09. The molecule has 0 saturated carbocycles. The molecule has 0 aliphatic carbocycles. The number of hydrogen-bond donors (Lipinski definition) is 1. The van der Waals surface area contributed by atoms with E-state index in [1.807, 2.05) is 11.4 Å². The summed E-state index contributed by atoms with van der Waals surface area (Å²) in [5, 5.41) is 4.86. The van der Waals surface area contributed by atoms with E-state index in [-0.39, 0.29) is 5.91 Å². The van der Waals surface area contributed by atoms with E-state index < -0.39 is 0 Å². The quantitative estimate of drug-likeness (QED) is 0.416. The summed E-state index contributed by atoms with van der Waals surface area (Å²) < 4.78 is 4.40. The molecule has 0 bridgehead atoms. The first kappa shape index (κ1) is 15.7. The number of amides is 1. The van der Waals surface area contributed by atoms with Crippen molar-refractivity contribution < 1.29 is 4.79 Å². The number of hydrogen-bond acceptors (Lipinski definition) is 2. The second kappa shape index (κ2) is 6.85. The molecule has 2 rings (SSSR count). The highest BCUT2D eigenvalue weighted by Gasteiger charge is 2.13. The number of thiophene rings is 1. The molecule has 0 fully saturated rings. The molecule has 94 valence electrons. The topological polar surface area (TPSA) is 29.1 Å². The van der Waals surface area contributed by atoms with Crippen LogP contribution in [-0.4, -0.2) is 5.91 Å². The lowest BCUT2D eigenvalue weighted by atomic mass is 10.3. The van der Waals surface area contributed by atoms with E-state index in [1.165, 1.54) is 3.57 Å². The van der Waals surface area contributed by atoms with Crippen LogP contribution in [-0.2, 0) is 0 Å². The van der Waals surface area contributed by atoms with E-state index in [1.54, 1.807) is 11.3 Å². The van der Waals surface area contributed by atoms with Crippen molar-refractivity contribution in [2.24, 2.45) is 0 Å². The summed E-state index contributed by atoms with van der Waals surface area (Å²) in [6, 6.07) is 6.00. The first-order valence-electron chi connectivity index (χ1n) is 4.67. The van der Waals surface area contributed by atoms with Gasteiger partial charge in [0.1, 0.15) is 0 Å². The van der Waals surface area contributed by atoms with Crippen LogP contribution in [0.2, 0.25) is 0 Å². The summed E-state index contributed by atoms with van der Waals surface area (Å²) in [6.07, 6.45) is 0. The van der Waals surface area contributed by atoms with E-state index >= 15 is 0 Å². The maximum Gasteiger partial charge on any atom is 0.256 e. The van der Waals surface area contributed by atoms with Crippen LogP contribution in [0.15, 0.2) is 23.6 Å². The van der Waals surface area contributed by atoms with Gasteiger partial charge in [0.25, 0.3) is 5.91 Å². The Bertz CT molecular complexity index is 588. The van der Waals surface area contributed by atoms with Crippen molar-refractivity contribution >= 4 is 113 Å². The molecule has 0 spiro atoms. The van der Waals surface area contributed by atoms with Crippen molar-refractivity contribution in [1.82, 2.24) is 0 Å². The molecule has 7 heteroatoms.